The second kappa shape index (κ2) is 8.29. The Kier molecular flexibility index (Phi) is 6.62. The van der Waals surface area contributed by atoms with Crippen LogP contribution >= 0.6 is 22.9 Å². The summed E-state index contributed by atoms with van der Waals surface area (Å²) in [4.78, 5) is 0. The van der Waals surface area contributed by atoms with E-state index in [0.29, 0.717) is 24.6 Å². The molecule has 0 saturated carbocycles. The molecule has 0 fully saturated rings. The van der Waals surface area contributed by atoms with Crippen molar-refractivity contribution in [1.29, 1.82) is 0 Å². The van der Waals surface area contributed by atoms with Crippen LogP contribution in [0.4, 0.5) is 0 Å². The number of nitrogens with zero attached hydrogens (tertiary/aromatic N) is 1. The maximum Gasteiger partial charge on any atom is 0.266 e. The number of ether oxygens (including phenoxy) is 1. The molecule has 0 aliphatic rings. The van der Waals surface area contributed by atoms with Crippen LogP contribution in [0, 0.1) is 0 Å². The molecule has 1 aromatic heterocycles. The van der Waals surface area contributed by atoms with E-state index < -0.39 is 10.1 Å². The monoisotopic (exact) mass is 390 g/mol. The topological polar surface area (TPSA) is 67.5 Å². The molecule has 0 radical (unpaired) electrons. The Morgan fingerprint density at radius 1 is 1.42 bits per heavy atom. The van der Waals surface area contributed by atoms with Gasteiger partial charge >= 0.3 is 0 Å². The molecule has 0 atom stereocenters. The Hall–Kier alpha value is -1.15. The lowest BCUT2D eigenvalue weighted by molar-refractivity contribution is -0.668. The first-order chi connectivity index (χ1) is 11.3. The predicted molar refractivity (Wildman–Crippen MR) is 98.0 cm³/mol. The zero-order valence-electron chi connectivity index (χ0n) is 13.7. The predicted octanol–water partition coefficient (Wildman–Crippen LogP) is 3.91. The second-order valence-corrected chi connectivity index (χ2v) is 8.31. The van der Waals surface area contributed by atoms with Gasteiger partial charge in [-0.05, 0) is 19.1 Å². The van der Waals surface area contributed by atoms with Gasteiger partial charge in [-0.15, -0.1) is 0 Å². The third-order valence-corrected chi connectivity index (χ3v) is 5.59. The third kappa shape index (κ3) is 5.17. The molecule has 1 N–H and O–H groups in total. The van der Waals surface area contributed by atoms with E-state index in [1.807, 2.05) is 42.7 Å². The molecule has 2 aromatic rings. The highest BCUT2D eigenvalue weighted by molar-refractivity contribution is 7.85. The van der Waals surface area contributed by atoms with E-state index in [9.17, 15) is 8.42 Å². The number of hydrogen-bond donors (Lipinski definition) is 1. The van der Waals surface area contributed by atoms with Crippen molar-refractivity contribution in [3.8, 4) is 0 Å². The van der Waals surface area contributed by atoms with Crippen LogP contribution in [0.15, 0.2) is 24.0 Å². The smallest absolute Gasteiger partial charge is 0.266 e. The molecule has 0 bridgehead atoms. The average molecular weight is 391 g/mol. The standard InChI is InChI=1S/C16H20ClNO4S2/c1-3-13(22-4-2)11-16-18(8-5-9-24(19,20)21)14-10-12(17)6-7-15(14)23-16/h6-7,10-11H,3-5,8-9H2,1-2H3/p+1/b13-11+. The molecular weight excluding hydrogens is 370 g/mol. The molecule has 1 heterocycles. The number of benzene rings is 1. The van der Waals surface area contributed by atoms with Gasteiger partial charge in [0.1, 0.15) is 10.5 Å². The molecular formula is C16H21ClNO4S2+. The van der Waals surface area contributed by atoms with Crippen LogP contribution in [0.2, 0.25) is 5.02 Å². The van der Waals surface area contributed by atoms with E-state index in [0.717, 1.165) is 27.4 Å². The molecule has 0 aliphatic heterocycles. The van der Waals surface area contributed by atoms with Crippen LogP contribution in [0.25, 0.3) is 16.3 Å². The molecule has 2 rings (SSSR count). The van der Waals surface area contributed by atoms with Gasteiger partial charge in [-0.25, -0.2) is 0 Å². The summed E-state index contributed by atoms with van der Waals surface area (Å²) in [6.45, 7) is 5.02. The van der Waals surface area contributed by atoms with Crippen LogP contribution in [-0.4, -0.2) is 25.3 Å². The van der Waals surface area contributed by atoms with Crippen molar-refractivity contribution < 1.29 is 22.3 Å². The molecule has 0 aliphatic carbocycles. The summed E-state index contributed by atoms with van der Waals surface area (Å²) in [6.07, 6.45) is 3.07. The van der Waals surface area contributed by atoms with Gasteiger partial charge in [-0.3, -0.25) is 4.55 Å². The number of fused-ring (bicyclic) bond motifs is 1. The maximum atomic E-state index is 11.0. The van der Waals surface area contributed by atoms with E-state index in [2.05, 4.69) is 0 Å². The maximum absolute atomic E-state index is 11.0. The van der Waals surface area contributed by atoms with Crippen LogP contribution in [0.3, 0.4) is 0 Å². The fourth-order valence-electron chi connectivity index (χ4n) is 2.39. The highest BCUT2D eigenvalue weighted by atomic mass is 35.5. The number of rotatable bonds is 8. The summed E-state index contributed by atoms with van der Waals surface area (Å²) < 4.78 is 39.6. The van der Waals surface area contributed by atoms with Gasteiger partial charge in [0.05, 0.1) is 18.4 Å². The van der Waals surface area contributed by atoms with Gasteiger partial charge in [0.2, 0.25) is 5.52 Å². The second-order valence-electron chi connectivity index (χ2n) is 5.24. The zero-order valence-corrected chi connectivity index (χ0v) is 16.0. The van der Waals surface area contributed by atoms with Crippen molar-refractivity contribution in [3.63, 3.8) is 0 Å². The van der Waals surface area contributed by atoms with Gasteiger partial charge < -0.3 is 4.74 Å². The molecule has 1 aromatic carbocycles. The van der Waals surface area contributed by atoms with Gasteiger partial charge in [-0.1, -0.05) is 29.9 Å². The van der Waals surface area contributed by atoms with E-state index in [1.54, 1.807) is 11.3 Å². The number of halogens is 1. The van der Waals surface area contributed by atoms with Crippen molar-refractivity contribution in [1.82, 2.24) is 0 Å². The summed E-state index contributed by atoms with van der Waals surface area (Å²) in [6, 6.07) is 5.65. The number of thiazole rings is 1. The van der Waals surface area contributed by atoms with Crippen LogP contribution in [0.1, 0.15) is 31.7 Å². The first-order valence-corrected chi connectivity index (χ1v) is 10.5. The summed E-state index contributed by atoms with van der Waals surface area (Å²) in [5.74, 6) is 0.603. The largest absolute Gasteiger partial charge is 0.498 e. The lowest BCUT2D eigenvalue weighted by atomic mass is 10.3. The number of allylic oxidation sites excluding steroid dienone is 1. The van der Waals surface area contributed by atoms with E-state index in [1.165, 1.54) is 0 Å². The van der Waals surface area contributed by atoms with Crippen LogP contribution in [0.5, 0.6) is 0 Å². The number of aromatic nitrogens is 1. The van der Waals surface area contributed by atoms with Gasteiger partial charge in [0, 0.05) is 23.9 Å². The average Bonchev–Trinajstić information content (AvgIpc) is 2.83. The normalized spacial score (nSPS) is 12.8. The van der Waals surface area contributed by atoms with Crippen molar-refractivity contribution in [2.24, 2.45) is 0 Å². The minimum absolute atomic E-state index is 0.271. The summed E-state index contributed by atoms with van der Waals surface area (Å²) >= 11 is 7.70. The van der Waals surface area contributed by atoms with E-state index in [-0.39, 0.29) is 5.75 Å². The fraction of sp³-hybridized carbons (Fsp3) is 0.438. The first-order valence-electron chi connectivity index (χ1n) is 7.74. The van der Waals surface area contributed by atoms with E-state index >= 15 is 0 Å². The minimum Gasteiger partial charge on any atom is -0.498 e. The molecule has 8 heteroatoms. The van der Waals surface area contributed by atoms with Crippen molar-refractivity contribution in [2.45, 2.75) is 33.2 Å². The Labute approximate surface area is 151 Å². The zero-order chi connectivity index (χ0) is 17.7. The quantitative estimate of drug-likeness (QED) is 0.421. The first kappa shape index (κ1) is 19.2. The highest BCUT2D eigenvalue weighted by Crippen LogP contribution is 2.26. The lowest BCUT2D eigenvalue weighted by Gasteiger charge is -2.04. The Balaban J connectivity index is 2.43. The SMILES string of the molecule is CCO/C(=C/c1sc2ccc(Cl)cc2[n+]1CCCS(=O)(=O)O)CC. The number of aryl methyl sites for hydroxylation is 1. The Bertz CT molecular complexity index is 843. The van der Waals surface area contributed by atoms with E-state index in [4.69, 9.17) is 20.9 Å². The van der Waals surface area contributed by atoms with Crippen LogP contribution in [-0.2, 0) is 21.4 Å². The van der Waals surface area contributed by atoms with Gasteiger partial charge in [0.15, 0.2) is 6.54 Å². The molecule has 0 spiro atoms. The van der Waals surface area contributed by atoms with Gasteiger partial charge in [0.25, 0.3) is 15.1 Å². The molecule has 132 valence electrons. The van der Waals surface area contributed by atoms with Gasteiger partial charge in [-0.2, -0.15) is 13.0 Å². The molecule has 24 heavy (non-hydrogen) atoms. The Morgan fingerprint density at radius 2 is 2.17 bits per heavy atom. The fourth-order valence-corrected chi connectivity index (χ4v) is 4.17. The third-order valence-electron chi connectivity index (χ3n) is 3.44. The minimum atomic E-state index is -3.96. The van der Waals surface area contributed by atoms with Crippen molar-refractivity contribution >= 4 is 49.3 Å². The van der Waals surface area contributed by atoms with Crippen LogP contribution < -0.4 is 4.57 Å². The molecule has 5 nitrogen and oxygen atoms in total. The summed E-state index contributed by atoms with van der Waals surface area (Å²) in [7, 11) is -3.96. The van der Waals surface area contributed by atoms with Crippen molar-refractivity contribution in [3.05, 3.63) is 34.0 Å². The highest BCUT2D eigenvalue weighted by Gasteiger charge is 2.21. The number of hydrogen-bond acceptors (Lipinski definition) is 4. The molecule has 0 saturated heterocycles. The Morgan fingerprint density at radius 3 is 2.79 bits per heavy atom. The lowest BCUT2D eigenvalue weighted by Crippen LogP contribution is -2.36. The van der Waals surface area contributed by atoms with Crippen molar-refractivity contribution in [2.75, 3.05) is 12.4 Å². The summed E-state index contributed by atoms with van der Waals surface area (Å²) in [5, 5.41) is 1.59. The molecule has 0 unspecified atom stereocenters. The molecule has 0 amide bonds. The summed E-state index contributed by atoms with van der Waals surface area (Å²) in [5.41, 5.74) is 0.945.